The fourth-order valence-corrected chi connectivity index (χ4v) is 1.13. The van der Waals surface area contributed by atoms with Crippen molar-refractivity contribution in [3.8, 4) is 5.88 Å². The van der Waals surface area contributed by atoms with Crippen LogP contribution in [0, 0.1) is 0 Å². The Labute approximate surface area is 124 Å². The lowest BCUT2D eigenvalue weighted by Gasteiger charge is -2.11. The maximum Gasteiger partial charge on any atom is 0.216 e. The number of ether oxygens (including phenoxy) is 1. The Hall–Kier alpha value is -1.12. The number of hydrogen-bond acceptors (Lipinski definition) is 4. The second-order valence-electron chi connectivity index (χ2n) is 3.67. The van der Waals surface area contributed by atoms with Crippen molar-refractivity contribution in [3.63, 3.8) is 0 Å². The number of nitrogens with two attached hydrogens (primary N) is 1. The van der Waals surface area contributed by atoms with Gasteiger partial charge in [0.25, 0.3) is 0 Å². The Kier molecular flexibility index (Phi) is 8.34. The summed E-state index contributed by atoms with van der Waals surface area (Å²) < 4.78 is 5.00. The van der Waals surface area contributed by atoms with Gasteiger partial charge in [-0.25, -0.2) is 9.98 Å². The molecule has 0 saturated carbocycles. The highest BCUT2D eigenvalue weighted by Crippen LogP contribution is 2.04. The molecule has 0 bridgehead atoms. The molecule has 0 aliphatic heterocycles. The molecule has 6 nitrogen and oxygen atoms in total. The Balaban J connectivity index is 0.00000289. The number of methoxy groups -OCH3 is 1. The van der Waals surface area contributed by atoms with Gasteiger partial charge in [0.05, 0.1) is 7.11 Å². The van der Waals surface area contributed by atoms with Crippen molar-refractivity contribution in [3.05, 3.63) is 18.1 Å². The molecule has 1 aromatic rings. The van der Waals surface area contributed by atoms with Crippen LogP contribution < -0.4 is 15.8 Å². The van der Waals surface area contributed by atoms with Crippen LogP contribution in [-0.4, -0.2) is 29.1 Å². The number of rotatable bonds is 5. The minimum Gasteiger partial charge on any atom is -0.481 e. The van der Waals surface area contributed by atoms with E-state index in [9.17, 15) is 0 Å². The third-order valence-electron chi connectivity index (χ3n) is 2.29. The molecular formula is C11H20IN5O. The van der Waals surface area contributed by atoms with E-state index in [0.717, 1.165) is 6.42 Å². The van der Waals surface area contributed by atoms with Gasteiger partial charge >= 0.3 is 0 Å². The fourth-order valence-electron chi connectivity index (χ4n) is 1.13. The lowest BCUT2D eigenvalue weighted by Crippen LogP contribution is -2.38. The van der Waals surface area contributed by atoms with E-state index in [0.29, 0.717) is 30.3 Å². The highest BCUT2D eigenvalue weighted by Gasteiger charge is 2.01. The average Bonchev–Trinajstić information content (AvgIpc) is 2.36. The van der Waals surface area contributed by atoms with Crippen molar-refractivity contribution in [2.45, 2.75) is 32.9 Å². The summed E-state index contributed by atoms with van der Waals surface area (Å²) in [5, 5.41) is 3.07. The average molecular weight is 365 g/mol. The molecule has 1 atom stereocenters. The lowest BCUT2D eigenvalue weighted by molar-refractivity contribution is 0.394. The van der Waals surface area contributed by atoms with Crippen LogP contribution in [0.15, 0.2) is 17.3 Å². The van der Waals surface area contributed by atoms with Crippen LogP contribution in [0.3, 0.4) is 0 Å². The van der Waals surface area contributed by atoms with Gasteiger partial charge in [0.2, 0.25) is 5.88 Å². The summed E-state index contributed by atoms with van der Waals surface area (Å²) >= 11 is 0. The molecule has 0 fully saturated rings. The molecule has 1 heterocycles. The molecule has 1 unspecified atom stereocenters. The van der Waals surface area contributed by atoms with Crippen molar-refractivity contribution in [2.75, 3.05) is 7.11 Å². The molecule has 0 spiro atoms. The van der Waals surface area contributed by atoms with E-state index in [4.69, 9.17) is 10.5 Å². The van der Waals surface area contributed by atoms with Gasteiger partial charge in [0, 0.05) is 18.3 Å². The van der Waals surface area contributed by atoms with E-state index >= 15 is 0 Å². The topological polar surface area (TPSA) is 85.4 Å². The monoisotopic (exact) mass is 365 g/mol. The molecule has 1 aromatic heterocycles. The Morgan fingerprint density at radius 1 is 1.61 bits per heavy atom. The third-order valence-corrected chi connectivity index (χ3v) is 2.29. The first kappa shape index (κ1) is 16.9. The zero-order valence-electron chi connectivity index (χ0n) is 10.9. The molecule has 3 N–H and O–H groups in total. The predicted octanol–water partition coefficient (Wildman–Crippen LogP) is 1.31. The van der Waals surface area contributed by atoms with Crippen molar-refractivity contribution >= 4 is 29.9 Å². The van der Waals surface area contributed by atoms with Crippen LogP contribution in [-0.2, 0) is 6.54 Å². The molecule has 0 saturated heterocycles. The van der Waals surface area contributed by atoms with Gasteiger partial charge in [-0.1, -0.05) is 6.92 Å². The first-order valence-corrected chi connectivity index (χ1v) is 5.58. The summed E-state index contributed by atoms with van der Waals surface area (Å²) in [5.74, 6) is 1.52. The van der Waals surface area contributed by atoms with E-state index in [-0.39, 0.29) is 24.0 Å². The van der Waals surface area contributed by atoms with E-state index in [1.54, 1.807) is 19.4 Å². The highest BCUT2D eigenvalue weighted by atomic mass is 127. The van der Waals surface area contributed by atoms with Crippen molar-refractivity contribution < 1.29 is 4.74 Å². The van der Waals surface area contributed by atoms with Gasteiger partial charge < -0.3 is 15.8 Å². The molecule has 0 aliphatic carbocycles. The normalized spacial score (nSPS) is 12.5. The van der Waals surface area contributed by atoms with Crippen LogP contribution in [0.1, 0.15) is 26.1 Å². The second kappa shape index (κ2) is 8.90. The zero-order chi connectivity index (χ0) is 12.7. The predicted molar refractivity (Wildman–Crippen MR) is 82.2 cm³/mol. The molecule has 0 amide bonds. The summed E-state index contributed by atoms with van der Waals surface area (Å²) in [6, 6.07) is 2.00. The van der Waals surface area contributed by atoms with Crippen LogP contribution in [0.2, 0.25) is 0 Å². The Bertz CT molecular complexity index is 385. The Morgan fingerprint density at radius 2 is 2.33 bits per heavy atom. The van der Waals surface area contributed by atoms with Gasteiger partial charge in [0.15, 0.2) is 11.8 Å². The van der Waals surface area contributed by atoms with Gasteiger partial charge in [-0.05, 0) is 13.3 Å². The number of aliphatic imine (C=N–C) groups is 1. The maximum absolute atomic E-state index is 5.72. The smallest absolute Gasteiger partial charge is 0.216 e. The number of nitrogens with one attached hydrogen (secondary N) is 1. The van der Waals surface area contributed by atoms with Crippen molar-refractivity contribution in [2.24, 2.45) is 10.7 Å². The summed E-state index contributed by atoms with van der Waals surface area (Å²) in [4.78, 5) is 12.4. The first-order valence-electron chi connectivity index (χ1n) is 5.58. The quantitative estimate of drug-likeness (QED) is 0.467. The molecule has 7 heteroatoms. The van der Waals surface area contributed by atoms with E-state index in [1.165, 1.54) is 0 Å². The van der Waals surface area contributed by atoms with Crippen LogP contribution in [0.5, 0.6) is 5.88 Å². The van der Waals surface area contributed by atoms with Crippen molar-refractivity contribution in [1.29, 1.82) is 0 Å². The number of hydrogen-bond donors (Lipinski definition) is 2. The van der Waals surface area contributed by atoms with Gasteiger partial charge in [-0.2, -0.15) is 4.98 Å². The van der Waals surface area contributed by atoms with E-state index in [1.807, 2.05) is 6.92 Å². The van der Waals surface area contributed by atoms with Crippen LogP contribution in [0.4, 0.5) is 0 Å². The summed E-state index contributed by atoms with van der Waals surface area (Å²) in [6.45, 7) is 4.47. The third kappa shape index (κ3) is 5.99. The SMILES string of the molecule is CCC(C)NC(N)=NCc1nccc(OC)n1.I. The molecule has 18 heavy (non-hydrogen) atoms. The summed E-state index contributed by atoms with van der Waals surface area (Å²) in [7, 11) is 1.56. The zero-order valence-corrected chi connectivity index (χ0v) is 13.2. The van der Waals surface area contributed by atoms with E-state index in [2.05, 4.69) is 27.2 Å². The molecule has 1 rings (SSSR count). The largest absolute Gasteiger partial charge is 0.481 e. The maximum atomic E-state index is 5.72. The number of aromatic nitrogens is 2. The van der Waals surface area contributed by atoms with Gasteiger partial charge in [-0.15, -0.1) is 24.0 Å². The lowest BCUT2D eigenvalue weighted by atomic mass is 10.3. The molecule has 0 aromatic carbocycles. The first-order chi connectivity index (χ1) is 8.15. The van der Waals surface area contributed by atoms with Gasteiger partial charge in [0.1, 0.15) is 6.54 Å². The molecule has 0 aliphatic rings. The number of halogens is 1. The second-order valence-corrected chi connectivity index (χ2v) is 3.67. The van der Waals surface area contributed by atoms with Gasteiger partial charge in [-0.3, -0.25) is 0 Å². The minimum absolute atomic E-state index is 0. The molecule has 102 valence electrons. The number of guanidine groups is 1. The highest BCUT2D eigenvalue weighted by molar-refractivity contribution is 14.0. The van der Waals surface area contributed by atoms with Crippen LogP contribution >= 0.6 is 24.0 Å². The number of nitrogens with zero attached hydrogens (tertiary/aromatic N) is 3. The Morgan fingerprint density at radius 3 is 2.94 bits per heavy atom. The summed E-state index contributed by atoms with van der Waals surface area (Å²) in [6.07, 6.45) is 2.63. The summed E-state index contributed by atoms with van der Waals surface area (Å²) in [5.41, 5.74) is 5.72. The van der Waals surface area contributed by atoms with Crippen LogP contribution in [0.25, 0.3) is 0 Å². The molecular weight excluding hydrogens is 345 g/mol. The van der Waals surface area contributed by atoms with E-state index < -0.39 is 0 Å². The fraction of sp³-hybridized carbons (Fsp3) is 0.545. The van der Waals surface area contributed by atoms with Crippen molar-refractivity contribution in [1.82, 2.24) is 15.3 Å². The minimum atomic E-state index is 0. The molecule has 0 radical (unpaired) electrons. The standard InChI is InChI=1S/C11H19N5O.HI/c1-4-8(2)15-11(12)14-7-9-13-6-5-10(16-9)17-3;/h5-6,8H,4,7H2,1-3H3,(H3,12,14,15);1H.